The number of hydrogen-bond acceptors (Lipinski definition) is 4. The summed E-state index contributed by atoms with van der Waals surface area (Å²) in [6.45, 7) is 0. The van der Waals surface area contributed by atoms with Crippen molar-refractivity contribution in [2.75, 3.05) is 0 Å². The van der Waals surface area contributed by atoms with E-state index in [1.54, 1.807) is 0 Å². The number of rotatable bonds is 6. The molecular formula is C20H19N3O2S. The van der Waals surface area contributed by atoms with Crippen LogP contribution in [0.2, 0.25) is 0 Å². The highest BCUT2D eigenvalue weighted by Gasteiger charge is 2.23. The first-order valence-electron chi connectivity index (χ1n) is 8.66. The summed E-state index contributed by atoms with van der Waals surface area (Å²) in [4.78, 5) is 31.0. The van der Waals surface area contributed by atoms with E-state index in [4.69, 9.17) is 0 Å². The molecule has 1 saturated carbocycles. The van der Waals surface area contributed by atoms with Crippen molar-refractivity contribution < 1.29 is 4.79 Å². The Kier molecular flexibility index (Phi) is 4.75. The average Bonchev–Trinajstić information content (AvgIpc) is 3.43. The number of fused-ring (bicyclic) bond motifs is 1. The standard InChI is InChI=1S/C20H19N3O2S/c24-18(21-16-7-8-16)10-17-11-19(25)23-20(22-17)26-12-13-5-6-14-3-1-2-4-15(14)9-13/h1-6,9,11,16H,7-8,10,12H2,(H,21,24)(H,22,23,25). The molecule has 0 aliphatic heterocycles. The van der Waals surface area contributed by atoms with E-state index in [0.29, 0.717) is 22.6 Å². The van der Waals surface area contributed by atoms with E-state index in [1.165, 1.54) is 28.6 Å². The van der Waals surface area contributed by atoms with Crippen LogP contribution in [-0.2, 0) is 17.0 Å². The largest absolute Gasteiger partial charge is 0.353 e. The zero-order valence-electron chi connectivity index (χ0n) is 14.2. The topological polar surface area (TPSA) is 74.8 Å². The van der Waals surface area contributed by atoms with Gasteiger partial charge in [-0.1, -0.05) is 54.2 Å². The van der Waals surface area contributed by atoms with Crippen LogP contribution in [0.1, 0.15) is 24.1 Å². The van der Waals surface area contributed by atoms with Gasteiger partial charge >= 0.3 is 0 Å². The highest BCUT2D eigenvalue weighted by atomic mass is 32.2. The Morgan fingerprint density at radius 2 is 1.96 bits per heavy atom. The molecule has 2 N–H and O–H groups in total. The number of thioether (sulfide) groups is 1. The monoisotopic (exact) mass is 365 g/mol. The Morgan fingerprint density at radius 3 is 2.77 bits per heavy atom. The number of aromatic nitrogens is 2. The molecule has 0 unspecified atom stereocenters. The van der Waals surface area contributed by atoms with Crippen molar-refractivity contribution >= 4 is 28.4 Å². The first-order valence-corrected chi connectivity index (χ1v) is 9.64. The van der Waals surface area contributed by atoms with Gasteiger partial charge in [0, 0.05) is 17.9 Å². The number of nitrogens with one attached hydrogen (secondary N) is 2. The van der Waals surface area contributed by atoms with Crippen molar-refractivity contribution in [1.29, 1.82) is 0 Å². The molecule has 5 nitrogen and oxygen atoms in total. The third-order valence-corrected chi connectivity index (χ3v) is 5.19. The molecule has 3 aromatic rings. The molecule has 1 aromatic heterocycles. The number of carbonyl (C=O) groups excluding carboxylic acids is 1. The quantitative estimate of drug-likeness (QED) is 0.520. The van der Waals surface area contributed by atoms with Crippen molar-refractivity contribution in [2.45, 2.75) is 36.2 Å². The first-order chi connectivity index (χ1) is 12.7. The summed E-state index contributed by atoms with van der Waals surface area (Å²) in [5.41, 5.74) is 1.44. The molecule has 132 valence electrons. The highest BCUT2D eigenvalue weighted by molar-refractivity contribution is 7.98. The van der Waals surface area contributed by atoms with Crippen molar-refractivity contribution in [3.63, 3.8) is 0 Å². The molecule has 0 atom stereocenters. The van der Waals surface area contributed by atoms with Crippen molar-refractivity contribution in [1.82, 2.24) is 15.3 Å². The van der Waals surface area contributed by atoms with Crippen LogP contribution in [0.15, 0.2) is 58.5 Å². The van der Waals surface area contributed by atoms with Gasteiger partial charge in [0.2, 0.25) is 5.91 Å². The molecule has 1 aliphatic carbocycles. The van der Waals surface area contributed by atoms with Crippen LogP contribution in [0, 0.1) is 0 Å². The first kappa shape index (κ1) is 16.8. The van der Waals surface area contributed by atoms with Gasteiger partial charge in [0.15, 0.2) is 5.16 Å². The second-order valence-corrected chi connectivity index (χ2v) is 7.49. The summed E-state index contributed by atoms with van der Waals surface area (Å²) in [6.07, 6.45) is 2.23. The summed E-state index contributed by atoms with van der Waals surface area (Å²) in [7, 11) is 0. The molecule has 1 aliphatic rings. The molecule has 1 heterocycles. The van der Waals surface area contributed by atoms with Crippen LogP contribution in [0.3, 0.4) is 0 Å². The van der Waals surface area contributed by atoms with Gasteiger partial charge in [-0.3, -0.25) is 9.59 Å². The average molecular weight is 365 g/mol. The van der Waals surface area contributed by atoms with Crippen LogP contribution in [0.5, 0.6) is 0 Å². The van der Waals surface area contributed by atoms with Gasteiger partial charge in [-0.2, -0.15) is 0 Å². The summed E-state index contributed by atoms with van der Waals surface area (Å²) in [5.74, 6) is 0.627. The SMILES string of the molecule is O=C(Cc1cc(=O)[nH]c(SCc2ccc3ccccc3c2)n1)NC1CC1. The molecule has 26 heavy (non-hydrogen) atoms. The van der Waals surface area contributed by atoms with Gasteiger partial charge in [-0.05, 0) is 29.2 Å². The molecular weight excluding hydrogens is 346 g/mol. The summed E-state index contributed by atoms with van der Waals surface area (Å²) in [6, 6.07) is 16.3. The minimum atomic E-state index is -0.227. The predicted octanol–water partition coefficient (Wildman–Crippen LogP) is 3.04. The van der Waals surface area contributed by atoms with Crippen LogP contribution < -0.4 is 10.9 Å². The van der Waals surface area contributed by atoms with Crippen LogP contribution >= 0.6 is 11.8 Å². The number of benzene rings is 2. The fraction of sp³-hybridized carbons (Fsp3) is 0.250. The molecule has 2 aromatic carbocycles. The molecule has 0 saturated heterocycles. The minimum absolute atomic E-state index is 0.0731. The van der Waals surface area contributed by atoms with Gasteiger partial charge in [0.05, 0.1) is 12.1 Å². The Balaban J connectivity index is 1.44. The Hall–Kier alpha value is -2.60. The second-order valence-electron chi connectivity index (χ2n) is 6.53. The van der Waals surface area contributed by atoms with E-state index >= 15 is 0 Å². The molecule has 1 fully saturated rings. The van der Waals surface area contributed by atoms with E-state index < -0.39 is 0 Å². The predicted molar refractivity (Wildman–Crippen MR) is 103 cm³/mol. The fourth-order valence-electron chi connectivity index (χ4n) is 2.79. The van der Waals surface area contributed by atoms with E-state index in [0.717, 1.165) is 18.4 Å². The third kappa shape index (κ3) is 4.32. The number of amides is 1. The van der Waals surface area contributed by atoms with E-state index in [-0.39, 0.29) is 17.9 Å². The number of hydrogen-bond donors (Lipinski definition) is 2. The smallest absolute Gasteiger partial charge is 0.251 e. The maximum atomic E-state index is 11.9. The van der Waals surface area contributed by atoms with Crippen LogP contribution in [0.4, 0.5) is 0 Å². The summed E-state index contributed by atoms with van der Waals surface area (Å²) in [5, 5.41) is 5.86. The van der Waals surface area contributed by atoms with Gasteiger partial charge in [-0.15, -0.1) is 0 Å². The third-order valence-electron chi connectivity index (χ3n) is 4.25. The summed E-state index contributed by atoms with van der Waals surface area (Å²) < 4.78 is 0. The molecule has 4 rings (SSSR count). The number of H-pyrrole nitrogens is 1. The molecule has 0 bridgehead atoms. The molecule has 1 amide bonds. The molecule has 6 heteroatoms. The maximum Gasteiger partial charge on any atom is 0.251 e. The second kappa shape index (κ2) is 7.33. The summed E-state index contributed by atoms with van der Waals surface area (Å²) >= 11 is 1.47. The minimum Gasteiger partial charge on any atom is -0.353 e. The number of nitrogens with zero attached hydrogens (tertiary/aromatic N) is 1. The van der Waals surface area contributed by atoms with Crippen LogP contribution in [0.25, 0.3) is 10.8 Å². The van der Waals surface area contributed by atoms with Crippen LogP contribution in [-0.4, -0.2) is 21.9 Å². The Morgan fingerprint density at radius 1 is 1.15 bits per heavy atom. The van der Waals surface area contributed by atoms with Gasteiger partial charge in [-0.25, -0.2) is 4.98 Å². The normalized spacial score (nSPS) is 13.7. The van der Waals surface area contributed by atoms with Crippen molar-refractivity contribution in [3.05, 3.63) is 70.1 Å². The fourth-order valence-corrected chi connectivity index (χ4v) is 3.63. The van der Waals surface area contributed by atoms with Crippen molar-refractivity contribution in [2.24, 2.45) is 0 Å². The highest BCUT2D eigenvalue weighted by Crippen LogP contribution is 2.22. The van der Waals surface area contributed by atoms with E-state index in [2.05, 4.69) is 45.6 Å². The molecule has 0 spiro atoms. The lowest BCUT2D eigenvalue weighted by Crippen LogP contribution is -2.28. The lowest BCUT2D eigenvalue weighted by atomic mass is 10.1. The van der Waals surface area contributed by atoms with Gasteiger partial charge < -0.3 is 10.3 Å². The van der Waals surface area contributed by atoms with Gasteiger partial charge in [0.25, 0.3) is 5.56 Å². The van der Waals surface area contributed by atoms with Gasteiger partial charge in [0.1, 0.15) is 0 Å². The van der Waals surface area contributed by atoms with Crippen molar-refractivity contribution in [3.8, 4) is 0 Å². The van der Waals surface area contributed by atoms with E-state index in [1.807, 2.05) is 12.1 Å². The zero-order chi connectivity index (χ0) is 17.9. The Labute approximate surface area is 155 Å². The maximum absolute atomic E-state index is 11.9. The molecule has 0 radical (unpaired) electrons. The Bertz CT molecular complexity index is 1010. The number of aromatic amines is 1. The lowest BCUT2D eigenvalue weighted by molar-refractivity contribution is -0.120. The number of carbonyl (C=O) groups is 1. The zero-order valence-corrected chi connectivity index (χ0v) is 15.0. The lowest BCUT2D eigenvalue weighted by Gasteiger charge is -2.06. The van der Waals surface area contributed by atoms with E-state index in [9.17, 15) is 9.59 Å².